The van der Waals surface area contributed by atoms with E-state index in [9.17, 15) is 5.11 Å². The first kappa shape index (κ1) is 8.96. The van der Waals surface area contributed by atoms with Gasteiger partial charge < -0.3 is 0 Å². The van der Waals surface area contributed by atoms with Crippen LogP contribution in [0.3, 0.4) is 0 Å². The largest absolute Gasteiger partial charge is 0.230 e. The van der Waals surface area contributed by atoms with Gasteiger partial charge in [-0.05, 0) is 19.8 Å². The summed E-state index contributed by atoms with van der Waals surface area (Å²) in [5, 5.41) is 11.3. The minimum absolute atomic E-state index is 0.345. The van der Waals surface area contributed by atoms with Crippen molar-refractivity contribution in [1.29, 1.82) is 0 Å². The molecule has 0 fully saturated rings. The third-order valence-corrected chi connectivity index (χ3v) is 1.97. The van der Waals surface area contributed by atoms with Crippen LogP contribution in [0.1, 0.15) is 40.5 Å². The van der Waals surface area contributed by atoms with Crippen LogP contribution in [-0.4, -0.2) is 5.60 Å². The maximum Gasteiger partial charge on any atom is 0.101 e. The Kier molecular flexibility index (Phi) is 3.20. The van der Waals surface area contributed by atoms with Gasteiger partial charge >= 0.3 is 0 Å². The molecule has 55 valence electrons. The van der Waals surface area contributed by atoms with Crippen molar-refractivity contribution in [1.82, 2.24) is 0 Å². The lowest BCUT2D eigenvalue weighted by molar-refractivity contribution is -0.0493. The van der Waals surface area contributed by atoms with E-state index in [1.807, 2.05) is 0 Å². The fourth-order valence-electron chi connectivity index (χ4n) is 1.27. The highest BCUT2D eigenvalue weighted by Gasteiger charge is 2.24. The maximum absolute atomic E-state index is 11.3. The highest BCUT2D eigenvalue weighted by atomic mass is 16.3. The van der Waals surface area contributed by atoms with Crippen LogP contribution in [0.15, 0.2) is 0 Å². The minimum atomic E-state index is -0.733. The first-order valence-electron chi connectivity index (χ1n) is 3.72. The number of rotatable bonds is 3. The normalized spacial score (nSPS) is 12.7. The van der Waals surface area contributed by atoms with Crippen LogP contribution in [0.2, 0.25) is 0 Å². The third-order valence-electron chi connectivity index (χ3n) is 1.97. The van der Waals surface area contributed by atoms with Gasteiger partial charge in [0.2, 0.25) is 0 Å². The van der Waals surface area contributed by atoms with Gasteiger partial charge in [-0.15, -0.1) is 0 Å². The minimum Gasteiger partial charge on any atom is -0.230 e. The smallest absolute Gasteiger partial charge is 0.101 e. The second kappa shape index (κ2) is 3.21. The summed E-state index contributed by atoms with van der Waals surface area (Å²) in [6, 6.07) is 0. The summed E-state index contributed by atoms with van der Waals surface area (Å²) < 4.78 is 0. The zero-order valence-corrected chi connectivity index (χ0v) is 6.90. The topological polar surface area (TPSA) is 19.9 Å². The van der Waals surface area contributed by atoms with Gasteiger partial charge in [0, 0.05) is 0 Å². The molecule has 0 N–H and O–H groups in total. The molecule has 0 heterocycles. The molecule has 0 atom stereocenters. The Morgan fingerprint density at radius 2 is 1.56 bits per heavy atom. The molecule has 0 aliphatic heterocycles. The molecule has 0 bridgehead atoms. The standard InChI is InChI=1S/C8H17O/c1-5-7(6-2)8(3,4)9/h7H,5-6H2,1-4H3. The van der Waals surface area contributed by atoms with Crippen molar-refractivity contribution in [2.24, 2.45) is 5.92 Å². The van der Waals surface area contributed by atoms with Crippen molar-refractivity contribution in [2.75, 3.05) is 0 Å². The molecule has 0 aromatic heterocycles. The quantitative estimate of drug-likeness (QED) is 0.558. The fourth-order valence-corrected chi connectivity index (χ4v) is 1.27. The van der Waals surface area contributed by atoms with E-state index in [4.69, 9.17) is 0 Å². The molecule has 0 saturated carbocycles. The van der Waals surface area contributed by atoms with E-state index in [2.05, 4.69) is 13.8 Å². The van der Waals surface area contributed by atoms with Crippen molar-refractivity contribution in [2.45, 2.75) is 46.1 Å². The van der Waals surface area contributed by atoms with Crippen LogP contribution in [0.5, 0.6) is 0 Å². The average molecular weight is 129 g/mol. The second-order valence-corrected chi connectivity index (χ2v) is 3.12. The zero-order chi connectivity index (χ0) is 7.49. The Bertz CT molecular complexity index is 67.1. The first-order chi connectivity index (χ1) is 4.02. The Labute approximate surface area is 58.1 Å². The van der Waals surface area contributed by atoms with Crippen molar-refractivity contribution in [3.63, 3.8) is 0 Å². The van der Waals surface area contributed by atoms with Crippen molar-refractivity contribution < 1.29 is 5.11 Å². The molecule has 0 aromatic rings. The van der Waals surface area contributed by atoms with Crippen LogP contribution in [0.4, 0.5) is 0 Å². The van der Waals surface area contributed by atoms with E-state index in [-0.39, 0.29) is 0 Å². The van der Waals surface area contributed by atoms with Crippen molar-refractivity contribution >= 4 is 0 Å². The molecule has 0 amide bonds. The van der Waals surface area contributed by atoms with E-state index in [0.29, 0.717) is 5.92 Å². The molecular formula is C8H17O. The van der Waals surface area contributed by atoms with Crippen molar-refractivity contribution in [3.8, 4) is 0 Å². The fraction of sp³-hybridized carbons (Fsp3) is 1.00. The Balaban J connectivity index is 3.79. The second-order valence-electron chi connectivity index (χ2n) is 3.12. The van der Waals surface area contributed by atoms with E-state index in [0.717, 1.165) is 12.8 Å². The van der Waals surface area contributed by atoms with Gasteiger partial charge in [0.15, 0.2) is 0 Å². The Morgan fingerprint density at radius 1 is 1.22 bits per heavy atom. The van der Waals surface area contributed by atoms with Crippen LogP contribution >= 0.6 is 0 Å². The Morgan fingerprint density at radius 3 is 1.56 bits per heavy atom. The lowest BCUT2D eigenvalue weighted by Gasteiger charge is -2.24. The summed E-state index contributed by atoms with van der Waals surface area (Å²) in [7, 11) is 0. The highest BCUT2D eigenvalue weighted by molar-refractivity contribution is 4.73. The van der Waals surface area contributed by atoms with Crippen LogP contribution < -0.4 is 0 Å². The summed E-state index contributed by atoms with van der Waals surface area (Å²) in [6.45, 7) is 7.69. The molecule has 0 aliphatic rings. The van der Waals surface area contributed by atoms with Gasteiger partial charge in [-0.3, -0.25) is 0 Å². The summed E-state index contributed by atoms with van der Waals surface area (Å²) in [5.41, 5.74) is -0.733. The molecule has 1 radical (unpaired) electrons. The van der Waals surface area contributed by atoms with Crippen molar-refractivity contribution in [3.05, 3.63) is 0 Å². The summed E-state index contributed by atoms with van der Waals surface area (Å²) >= 11 is 0. The zero-order valence-electron chi connectivity index (χ0n) is 6.90. The monoisotopic (exact) mass is 129 g/mol. The molecule has 0 spiro atoms. The number of hydrogen-bond donors (Lipinski definition) is 0. The molecule has 0 saturated heterocycles. The molecule has 0 unspecified atom stereocenters. The molecule has 9 heavy (non-hydrogen) atoms. The van der Waals surface area contributed by atoms with E-state index >= 15 is 0 Å². The van der Waals surface area contributed by atoms with E-state index in [1.165, 1.54) is 0 Å². The van der Waals surface area contributed by atoms with E-state index < -0.39 is 5.60 Å². The summed E-state index contributed by atoms with van der Waals surface area (Å²) in [6.07, 6.45) is 2.01. The SMILES string of the molecule is CCC(CC)C(C)(C)[O]. The third kappa shape index (κ3) is 2.85. The molecule has 0 aliphatic carbocycles. The van der Waals surface area contributed by atoms with Gasteiger partial charge in [0.1, 0.15) is 5.60 Å². The summed E-state index contributed by atoms with van der Waals surface area (Å²) in [5.74, 6) is 0.345. The van der Waals surface area contributed by atoms with Crippen LogP contribution in [-0.2, 0) is 5.11 Å². The van der Waals surface area contributed by atoms with Gasteiger partial charge in [0.25, 0.3) is 0 Å². The maximum atomic E-state index is 11.3. The van der Waals surface area contributed by atoms with E-state index in [1.54, 1.807) is 13.8 Å². The molecular weight excluding hydrogens is 112 g/mol. The first-order valence-corrected chi connectivity index (χ1v) is 3.72. The predicted octanol–water partition coefficient (Wildman–Crippen LogP) is 2.63. The summed E-state index contributed by atoms with van der Waals surface area (Å²) in [4.78, 5) is 0. The average Bonchev–Trinajstić information content (AvgIpc) is 1.65. The molecule has 1 nitrogen and oxygen atoms in total. The number of hydrogen-bond acceptors (Lipinski definition) is 0. The molecule has 1 heteroatoms. The Hall–Kier alpha value is -0.0400. The van der Waals surface area contributed by atoms with Crippen LogP contribution in [0, 0.1) is 5.92 Å². The van der Waals surface area contributed by atoms with Gasteiger partial charge in [0.05, 0.1) is 0 Å². The highest BCUT2D eigenvalue weighted by Crippen LogP contribution is 2.22. The van der Waals surface area contributed by atoms with Gasteiger partial charge in [-0.25, -0.2) is 5.11 Å². The van der Waals surface area contributed by atoms with Gasteiger partial charge in [-0.1, -0.05) is 26.7 Å². The van der Waals surface area contributed by atoms with Gasteiger partial charge in [-0.2, -0.15) is 0 Å². The lowest BCUT2D eigenvalue weighted by atomic mass is 9.87. The van der Waals surface area contributed by atoms with Crippen LogP contribution in [0.25, 0.3) is 0 Å². The lowest BCUT2D eigenvalue weighted by Crippen LogP contribution is -2.27. The molecule has 0 aromatic carbocycles. The molecule has 0 rings (SSSR count). The predicted molar refractivity (Wildman–Crippen MR) is 38.8 cm³/mol.